The van der Waals surface area contributed by atoms with Crippen molar-refractivity contribution in [2.24, 2.45) is 0 Å². The van der Waals surface area contributed by atoms with E-state index in [0.29, 0.717) is 12.6 Å². The molecule has 0 aromatic rings. The van der Waals surface area contributed by atoms with Crippen molar-refractivity contribution in [3.05, 3.63) is 0 Å². The first-order chi connectivity index (χ1) is 6.83. The van der Waals surface area contributed by atoms with Crippen molar-refractivity contribution in [1.82, 2.24) is 5.32 Å². The largest absolute Gasteiger partial charge is 0.450 e. The zero-order chi connectivity index (χ0) is 10.2. The van der Waals surface area contributed by atoms with Gasteiger partial charge in [0.25, 0.3) is 0 Å². The van der Waals surface area contributed by atoms with E-state index in [1.54, 1.807) is 0 Å². The maximum Gasteiger partial charge on any atom is 0.407 e. The van der Waals surface area contributed by atoms with Gasteiger partial charge in [0, 0.05) is 11.9 Å². The predicted molar refractivity (Wildman–Crippen MR) is 56.7 cm³/mol. The van der Waals surface area contributed by atoms with Gasteiger partial charge in [0.05, 0.1) is 6.61 Å². The van der Waals surface area contributed by atoms with Gasteiger partial charge in [-0.2, -0.15) is 0 Å². The van der Waals surface area contributed by atoms with E-state index in [1.165, 1.54) is 0 Å². The summed E-state index contributed by atoms with van der Waals surface area (Å²) in [5.41, 5.74) is 0. The number of halogens is 1. The first-order valence-corrected chi connectivity index (χ1v) is 5.85. The number of carbonyl (C=O) groups is 1. The Kier molecular flexibility index (Phi) is 5.76. The summed E-state index contributed by atoms with van der Waals surface area (Å²) in [4.78, 5) is 11.0. The van der Waals surface area contributed by atoms with Gasteiger partial charge in [-0.05, 0) is 25.7 Å². The van der Waals surface area contributed by atoms with Gasteiger partial charge in [0.2, 0.25) is 0 Å². The molecule has 14 heavy (non-hydrogen) atoms. The maximum atomic E-state index is 11.0. The average Bonchev–Trinajstić information content (AvgIpc) is 2.95. The van der Waals surface area contributed by atoms with E-state index < -0.39 is 0 Å². The highest BCUT2D eigenvalue weighted by molar-refractivity contribution is 6.17. The normalized spacial score (nSPS) is 15.2. The van der Waals surface area contributed by atoms with Gasteiger partial charge in [-0.1, -0.05) is 12.8 Å². The molecule has 1 aliphatic rings. The molecule has 0 atom stereocenters. The van der Waals surface area contributed by atoms with Gasteiger partial charge >= 0.3 is 6.09 Å². The molecule has 0 bridgehead atoms. The topological polar surface area (TPSA) is 38.3 Å². The van der Waals surface area contributed by atoms with Crippen LogP contribution in [0, 0.1) is 0 Å². The van der Waals surface area contributed by atoms with Crippen LogP contribution in [0.1, 0.15) is 38.5 Å². The lowest BCUT2D eigenvalue weighted by Crippen LogP contribution is -2.26. The van der Waals surface area contributed by atoms with Gasteiger partial charge in [-0.3, -0.25) is 0 Å². The Morgan fingerprint density at radius 1 is 1.29 bits per heavy atom. The summed E-state index contributed by atoms with van der Waals surface area (Å²) in [5.74, 6) is 0.725. The lowest BCUT2D eigenvalue weighted by Gasteiger charge is -2.05. The van der Waals surface area contributed by atoms with Crippen molar-refractivity contribution in [1.29, 1.82) is 0 Å². The molecule has 0 aromatic heterocycles. The molecule has 1 aliphatic carbocycles. The molecule has 0 spiro atoms. The smallest absolute Gasteiger partial charge is 0.407 e. The molecule has 0 aliphatic heterocycles. The van der Waals surface area contributed by atoms with E-state index in [2.05, 4.69) is 5.32 Å². The van der Waals surface area contributed by atoms with Crippen LogP contribution >= 0.6 is 11.6 Å². The minimum Gasteiger partial charge on any atom is -0.450 e. The summed E-state index contributed by atoms with van der Waals surface area (Å²) in [7, 11) is 0. The van der Waals surface area contributed by atoms with Crippen LogP contribution in [0.4, 0.5) is 4.79 Å². The Bertz CT molecular complexity index is 172. The number of rotatable bonds is 7. The molecule has 0 unspecified atom stereocenters. The Morgan fingerprint density at radius 3 is 2.64 bits per heavy atom. The number of hydrogen-bond donors (Lipinski definition) is 1. The highest BCUT2D eigenvalue weighted by Gasteiger charge is 2.23. The minimum absolute atomic E-state index is 0.259. The van der Waals surface area contributed by atoms with E-state index in [4.69, 9.17) is 16.3 Å². The predicted octanol–water partition coefficient (Wildman–Crippen LogP) is 2.67. The van der Waals surface area contributed by atoms with Gasteiger partial charge in [-0.15, -0.1) is 11.6 Å². The van der Waals surface area contributed by atoms with Crippen LogP contribution < -0.4 is 5.32 Å². The van der Waals surface area contributed by atoms with Crippen molar-refractivity contribution in [2.45, 2.75) is 44.6 Å². The fourth-order valence-electron chi connectivity index (χ4n) is 1.15. The first-order valence-electron chi connectivity index (χ1n) is 5.32. The summed E-state index contributed by atoms with van der Waals surface area (Å²) in [5, 5.41) is 2.77. The van der Waals surface area contributed by atoms with Crippen LogP contribution in [0.5, 0.6) is 0 Å². The second-order valence-electron chi connectivity index (χ2n) is 3.66. The molecule has 1 saturated carbocycles. The lowest BCUT2D eigenvalue weighted by molar-refractivity contribution is 0.143. The Hall–Kier alpha value is -0.440. The highest BCUT2D eigenvalue weighted by Crippen LogP contribution is 2.18. The third-order valence-corrected chi connectivity index (χ3v) is 2.43. The summed E-state index contributed by atoms with van der Waals surface area (Å²) < 4.78 is 4.99. The summed E-state index contributed by atoms with van der Waals surface area (Å²) >= 11 is 5.53. The number of amides is 1. The van der Waals surface area contributed by atoms with Gasteiger partial charge in [-0.25, -0.2) is 4.79 Å². The molecule has 1 N–H and O–H groups in total. The molecule has 3 nitrogen and oxygen atoms in total. The van der Waals surface area contributed by atoms with E-state index in [1.807, 2.05) is 0 Å². The first kappa shape index (κ1) is 11.6. The van der Waals surface area contributed by atoms with Crippen molar-refractivity contribution in [3.63, 3.8) is 0 Å². The standard InChI is InChI=1S/C10H18ClNO2/c11-7-3-1-2-4-8-14-10(13)12-9-5-6-9/h9H,1-8H2,(H,12,13). The fourth-order valence-corrected chi connectivity index (χ4v) is 1.34. The van der Waals surface area contributed by atoms with Crippen molar-refractivity contribution >= 4 is 17.7 Å². The second-order valence-corrected chi connectivity index (χ2v) is 4.04. The number of ether oxygens (including phenoxy) is 1. The van der Waals surface area contributed by atoms with E-state index in [0.717, 1.165) is 44.4 Å². The Labute approximate surface area is 90.1 Å². The van der Waals surface area contributed by atoms with Gasteiger partial charge < -0.3 is 10.1 Å². The van der Waals surface area contributed by atoms with Crippen molar-refractivity contribution in [3.8, 4) is 0 Å². The number of nitrogens with one attached hydrogen (secondary N) is 1. The third-order valence-electron chi connectivity index (χ3n) is 2.16. The molecular formula is C10H18ClNO2. The maximum absolute atomic E-state index is 11.0. The highest BCUT2D eigenvalue weighted by atomic mass is 35.5. The van der Waals surface area contributed by atoms with Crippen LogP contribution in [-0.4, -0.2) is 24.6 Å². The zero-order valence-electron chi connectivity index (χ0n) is 8.43. The molecule has 0 heterocycles. The van der Waals surface area contributed by atoms with Gasteiger partial charge in [0.15, 0.2) is 0 Å². The Balaban J connectivity index is 1.80. The molecule has 0 saturated heterocycles. The third kappa shape index (κ3) is 6.08. The van der Waals surface area contributed by atoms with Crippen LogP contribution in [0.2, 0.25) is 0 Å². The SMILES string of the molecule is O=C(NC1CC1)OCCCCCCCl. The quantitative estimate of drug-likeness (QED) is 0.528. The van der Waals surface area contributed by atoms with Gasteiger partial charge in [0.1, 0.15) is 0 Å². The van der Waals surface area contributed by atoms with E-state index in [-0.39, 0.29) is 6.09 Å². The molecule has 82 valence electrons. The fraction of sp³-hybridized carbons (Fsp3) is 0.900. The number of unbranched alkanes of at least 4 members (excludes halogenated alkanes) is 3. The molecule has 0 radical (unpaired) electrons. The molecule has 4 heteroatoms. The Morgan fingerprint density at radius 2 is 2.00 bits per heavy atom. The molecule has 1 rings (SSSR count). The van der Waals surface area contributed by atoms with Crippen molar-refractivity contribution in [2.75, 3.05) is 12.5 Å². The zero-order valence-corrected chi connectivity index (χ0v) is 9.18. The molecule has 0 aromatic carbocycles. The van der Waals surface area contributed by atoms with Crippen LogP contribution in [-0.2, 0) is 4.74 Å². The van der Waals surface area contributed by atoms with Crippen LogP contribution in [0.3, 0.4) is 0 Å². The van der Waals surface area contributed by atoms with E-state index >= 15 is 0 Å². The van der Waals surface area contributed by atoms with Crippen LogP contribution in [0.25, 0.3) is 0 Å². The molecule has 1 fully saturated rings. The van der Waals surface area contributed by atoms with E-state index in [9.17, 15) is 4.79 Å². The number of hydrogen-bond acceptors (Lipinski definition) is 2. The summed E-state index contributed by atoms with van der Waals surface area (Å²) in [6.07, 6.45) is 6.14. The molecular weight excluding hydrogens is 202 g/mol. The summed E-state index contributed by atoms with van der Waals surface area (Å²) in [6, 6.07) is 0.388. The monoisotopic (exact) mass is 219 g/mol. The minimum atomic E-state index is -0.259. The molecule has 1 amide bonds. The number of alkyl carbamates (subject to hydrolysis) is 1. The second kappa shape index (κ2) is 6.93. The number of carbonyl (C=O) groups excluding carboxylic acids is 1. The summed E-state index contributed by atoms with van der Waals surface area (Å²) in [6.45, 7) is 0.529. The average molecular weight is 220 g/mol. The van der Waals surface area contributed by atoms with Crippen molar-refractivity contribution < 1.29 is 9.53 Å². The van der Waals surface area contributed by atoms with Crippen LogP contribution in [0.15, 0.2) is 0 Å². The number of alkyl halides is 1. The lowest BCUT2D eigenvalue weighted by atomic mass is 10.2.